The lowest BCUT2D eigenvalue weighted by Gasteiger charge is -2.18. The van der Waals surface area contributed by atoms with Crippen LogP contribution >= 0.6 is 0 Å². The number of ether oxygens (including phenoxy) is 1. The van der Waals surface area contributed by atoms with E-state index in [1.165, 1.54) is 18.2 Å². The molecule has 0 saturated heterocycles. The molecule has 1 unspecified atom stereocenters. The number of nitrogens with two attached hydrogens (primary N) is 1. The van der Waals surface area contributed by atoms with E-state index in [4.69, 9.17) is 10.5 Å². The molecule has 1 aromatic carbocycles. The van der Waals surface area contributed by atoms with E-state index in [0.29, 0.717) is 0 Å². The minimum absolute atomic E-state index is 0.0509. The van der Waals surface area contributed by atoms with Crippen LogP contribution in [-0.2, 0) is 4.79 Å². The number of amides is 1. The number of hydrogen-bond acceptors (Lipinski definition) is 4. The highest BCUT2D eigenvalue weighted by atomic mass is 16.6. The first-order valence-electron chi connectivity index (χ1n) is 5.13. The van der Waals surface area contributed by atoms with Crippen molar-refractivity contribution in [1.82, 2.24) is 0 Å². The van der Waals surface area contributed by atoms with Crippen LogP contribution in [0.25, 0.3) is 0 Å². The Hall–Kier alpha value is -2.11. The van der Waals surface area contributed by atoms with Gasteiger partial charge in [-0.2, -0.15) is 0 Å². The van der Waals surface area contributed by atoms with Gasteiger partial charge in [0, 0.05) is 6.07 Å². The quantitative estimate of drug-likeness (QED) is 0.620. The average Bonchev–Trinajstić information content (AvgIpc) is 2.25. The Morgan fingerprint density at radius 2 is 2.00 bits per heavy atom. The minimum atomic E-state index is -0.879. The first kappa shape index (κ1) is 13.0. The molecule has 1 atom stereocenters. The second-order valence-electron chi connectivity index (χ2n) is 3.91. The maximum absolute atomic E-state index is 11.2. The van der Waals surface area contributed by atoms with Gasteiger partial charge in [-0.15, -0.1) is 0 Å². The molecule has 6 heteroatoms. The summed E-state index contributed by atoms with van der Waals surface area (Å²) in [6, 6.07) is 5.88. The predicted molar refractivity (Wildman–Crippen MR) is 61.5 cm³/mol. The molecule has 0 aromatic heterocycles. The zero-order valence-corrected chi connectivity index (χ0v) is 9.62. The molecule has 0 aliphatic heterocycles. The number of hydrogen-bond donors (Lipinski definition) is 1. The SMILES string of the molecule is CC(C)C(Oc1ccccc1[N+](=O)[O-])C(N)=O. The molecule has 1 rings (SSSR count). The molecular weight excluding hydrogens is 224 g/mol. The summed E-state index contributed by atoms with van der Waals surface area (Å²) >= 11 is 0. The highest BCUT2D eigenvalue weighted by Gasteiger charge is 2.25. The van der Waals surface area contributed by atoms with E-state index in [9.17, 15) is 14.9 Å². The summed E-state index contributed by atoms with van der Waals surface area (Å²) < 4.78 is 5.31. The van der Waals surface area contributed by atoms with Gasteiger partial charge in [0.05, 0.1) is 4.92 Å². The van der Waals surface area contributed by atoms with Gasteiger partial charge in [-0.1, -0.05) is 26.0 Å². The maximum Gasteiger partial charge on any atom is 0.310 e. The number of carbonyl (C=O) groups excluding carboxylic acids is 1. The topological polar surface area (TPSA) is 95.5 Å². The molecule has 0 aliphatic carbocycles. The lowest BCUT2D eigenvalue weighted by molar-refractivity contribution is -0.386. The zero-order valence-electron chi connectivity index (χ0n) is 9.62. The first-order valence-corrected chi connectivity index (χ1v) is 5.13. The standard InChI is InChI=1S/C11H14N2O4/c1-7(2)10(11(12)14)17-9-6-4-3-5-8(9)13(15)16/h3-7,10H,1-2H3,(H2,12,14). The van der Waals surface area contributed by atoms with E-state index in [0.717, 1.165) is 0 Å². The van der Waals surface area contributed by atoms with Gasteiger partial charge in [0.1, 0.15) is 0 Å². The van der Waals surface area contributed by atoms with Gasteiger partial charge in [0.25, 0.3) is 5.91 Å². The van der Waals surface area contributed by atoms with Crippen LogP contribution in [0.3, 0.4) is 0 Å². The van der Waals surface area contributed by atoms with Gasteiger partial charge in [0.15, 0.2) is 11.9 Å². The molecule has 1 aromatic rings. The number of nitrogens with zero attached hydrogens (tertiary/aromatic N) is 1. The van der Waals surface area contributed by atoms with Crippen molar-refractivity contribution in [2.24, 2.45) is 11.7 Å². The Balaban J connectivity index is 3.01. The Morgan fingerprint density at radius 1 is 1.41 bits per heavy atom. The molecule has 0 fully saturated rings. The van der Waals surface area contributed by atoms with Gasteiger partial charge in [-0.3, -0.25) is 14.9 Å². The van der Waals surface area contributed by atoms with Gasteiger partial charge >= 0.3 is 5.69 Å². The van der Waals surface area contributed by atoms with E-state index < -0.39 is 16.9 Å². The molecule has 17 heavy (non-hydrogen) atoms. The molecule has 0 aliphatic rings. The number of para-hydroxylation sites is 2. The zero-order chi connectivity index (χ0) is 13.0. The Labute approximate surface area is 98.5 Å². The summed E-state index contributed by atoms with van der Waals surface area (Å²) in [6.45, 7) is 3.51. The fourth-order valence-electron chi connectivity index (χ4n) is 1.37. The number of primary amides is 1. The number of nitro benzene ring substituents is 1. The van der Waals surface area contributed by atoms with Crippen molar-refractivity contribution in [1.29, 1.82) is 0 Å². The van der Waals surface area contributed by atoms with Gasteiger partial charge in [-0.25, -0.2) is 0 Å². The number of benzene rings is 1. The molecule has 0 bridgehead atoms. The van der Waals surface area contributed by atoms with E-state index in [1.54, 1.807) is 19.9 Å². The lowest BCUT2D eigenvalue weighted by atomic mass is 10.1. The van der Waals surface area contributed by atoms with E-state index >= 15 is 0 Å². The summed E-state index contributed by atoms with van der Waals surface area (Å²) in [5.74, 6) is -0.750. The monoisotopic (exact) mass is 238 g/mol. The maximum atomic E-state index is 11.2. The van der Waals surface area contributed by atoms with Crippen LogP contribution in [-0.4, -0.2) is 16.9 Å². The minimum Gasteiger partial charge on any atom is -0.473 e. The lowest BCUT2D eigenvalue weighted by Crippen LogP contribution is -2.38. The second kappa shape index (κ2) is 5.29. The number of carbonyl (C=O) groups is 1. The summed E-state index contributed by atoms with van der Waals surface area (Å²) in [5, 5.41) is 10.8. The molecule has 92 valence electrons. The van der Waals surface area contributed by atoms with Crippen LogP contribution in [0.4, 0.5) is 5.69 Å². The summed E-state index contributed by atoms with van der Waals surface area (Å²) in [5.41, 5.74) is 5.00. The molecule has 0 spiro atoms. The van der Waals surface area contributed by atoms with E-state index in [2.05, 4.69) is 0 Å². The van der Waals surface area contributed by atoms with E-state index in [-0.39, 0.29) is 17.4 Å². The van der Waals surface area contributed by atoms with Gasteiger partial charge in [0.2, 0.25) is 0 Å². The molecular formula is C11H14N2O4. The highest BCUT2D eigenvalue weighted by molar-refractivity contribution is 5.79. The number of rotatable bonds is 5. The predicted octanol–water partition coefficient (Wildman–Crippen LogP) is 1.48. The van der Waals surface area contributed by atoms with Crippen LogP contribution in [0.5, 0.6) is 5.75 Å². The first-order chi connectivity index (χ1) is 7.93. The van der Waals surface area contributed by atoms with Crippen molar-refractivity contribution >= 4 is 11.6 Å². The smallest absolute Gasteiger partial charge is 0.310 e. The summed E-state index contributed by atoms with van der Waals surface area (Å²) in [4.78, 5) is 21.3. The molecule has 6 nitrogen and oxygen atoms in total. The third kappa shape index (κ3) is 3.17. The second-order valence-corrected chi connectivity index (χ2v) is 3.91. The van der Waals surface area contributed by atoms with Crippen LogP contribution in [0, 0.1) is 16.0 Å². The van der Waals surface area contributed by atoms with Gasteiger partial charge in [-0.05, 0) is 12.0 Å². The molecule has 1 amide bonds. The van der Waals surface area contributed by atoms with Crippen molar-refractivity contribution in [2.45, 2.75) is 20.0 Å². The fourth-order valence-corrected chi connectivity index (χ4v) is 1.37. The fraction of sp³-hybridized carbons (Fsp3) is 0.364. The molecule has 0 saturated carbocycles. The van der Waals surface area contributed by atoms with Crippen molar-refractivity contribution in [2.75, 3.05) is 0 Å². The average molecular weight is 238 g/mol. The normalized spacial score (nSPS) is 12.2. The van der Waals surface area contributed by atoms with Crippen molar-refractivity contribution in [3.05, 3.63) is 34.4 Å². The molecule has 0 heterocycles. The molecule has 2 N–H and O–H groups in total. The van der Waals surface area contributed by atoms with Crippen molar-refractivity contribution in [3.8, 4) is 5.75 Å². The van der Waals surface area contributed by atoms with Crippen LogP contribution in [0.2, 0.25) is 0 Å². The van der Waals surface area contributed by atoms with Crippen LogP contribution < -0.4 is 10.5 Å². The summed E-state index contributed by atoms with van der Waals surface area (Å²) in [7, 11) is 0. The third-order valence-electron chi connectivity index (χ3n) is 2.20. The Bertz CT molecular complexity index is 431. The van der Waals surface area contributed by atoms with Crippen LogP contribution in [0.1, 0.15) is 13.8 Å². The Kier molecular flexibility index (Phi) is 4.03. The highest BCUT2D eigenvalue weighted by Crippen LogP contribution is 2.27. The Morgan fingerprint density at radius 3 is 2.47 bits per heavy atom. The largest absolute Gasteiger partial charge is 0.473 e. The van der Waals surface area contributed by atoms with Crippen molar-refractivity contribution in [3.63, 3.8) is 0 Å². The van der Waals surface area contributed by atoms with Crippen LogP contribution in [0.15, 0.2) is 24.3 Å². The van der Waals surface area contributed by atoms with E-state index in [1.807, 2.05) is 0 Å². The summed E-state index contributed by atoms with van der Waals surface area (Å²) in [6.07, 6.45) is -0.879. The van der Waals surface area contributed by atoms with Gasteiger partial charge < -0.3 is 10.5 Å². The molecule has 0 radical (unpaired) electrons. The third-order valence-corrected chi connectivity index (χ3v) is 2.20. The number of nitro groups is 1. The van der Waals surface area contributed by atoms with Crippen molar-refractivity contribution < 1.29 is 14.5 Å².